The lowest BCUT2D eigenvalue weighted by Gasteiger charge is -2.27. The number of thioether (sulfide) groups is 1. The third-order valence-electron chi connectivity index (χ3n) is 3.61. The van der Waals surface area contributed by atoms with E-state index in [1.165, 1.54) is 12.0 Å². The van der Waals surface area contributed by atoms with Crippen LogP contribution < -0.4 is 5.32 Å². The molecule has 0 aliphatic heterocycles. The molecule has 3 nitrogen and oxygen atoms in total. The summed E-state index contributed by atoms with van der Waals surface area (Å²) in [5.74, 6) is -0.120. The van der Waals surface area contributed by atoms with Gasteiger partial charge in [-0.05, 0) is 37.9 Å². The first kappa shape index (κ1) is 14.4. The van der Waals surface area contributed by atoms with Gasteiger partial charge in [-0.1, -0.05) is 25.1 Å². The Morgan fingerprint density at radius 2 is 2.21 bits per heavy atom. The van der Waals surface area contributed by atoms with Crippen LogP contribution in [-0.2, 0) is 9.53 Å². The Labute approximate surface area is 119 Å². The number of nitrogens with one attached hydrogen (secondary N) is 1. The normalized spacial score (nSPS) is 26.3. The van der Waals surface area contributed by atoms with Crippen molar-refractivity contribution < 1.29 is 9.53 Å². The fourth-order valence-electron chi connectivity index (χ4n) is 2.74. The summed E-state index contributed by atoms with van der Waals surface area (Å²) in [6.07, 6.45) is 2.74. The predicted octanol–water partition coefficient (Wildman–Crippen LogP) is 2.85. The molecule has 2 rings (SSSR count). The van der Waals surface area contributed by atoms with Crippen LogP contribution in [0.5, 0.6) is 0 Å². The number of likely N-dealkylation sites (N-methyl/N-ethyl adjacent to an activating group) is 1. The van der Waals surface area contributed by atoms with Gasteiger partial charge in [-0.15, -0.1) is 11.8 Å². The van der Waals surface area contributed by atoms with E-state index in [0.717, 1.165) is 25.8 Å². The Morgan fingerprint density at radius 3 is 2.84 bits per heavy atom. The van der Waals surface area contributed by atoms with Gasteiger partial charge in [0, 0.05) is 10.1 Å². The monoisotopic (exact) mass is 279 g/mol. The first-order chi connectivity index (χ1) is 9.20. The summed E-state index contributed by atoms with van der Waals surface area (Å²) in [6.45, 7) is 2.82. The first-order valence-electron chi connectivity index (χ1n) is 6.75. The van der Waals surface area contributed by atoms with Crippen molar-refractivity contribution in [2.24, 2.45) is 0 Å². The summed E-state index contributed by atoms with van der Waals surface area (Å²) < 4.78 is 4.98. The number of hydrogen-bond donors (Lipinski definition) is 1. The maximum absolute atomic E-state index is 12.0. The first-order valence-corrected chi connectivity index (χ1v) is 7.63. The number of ether oxygens (including phenoxy) is 1. The maximum Gasteiger partial charge on any atom is 0.326 e. The lowest BCUT2D eigenvalue weighted by molar-refractivity contribution is -0.148. The molecule has 2 unspecified atom stereocenters. The second-order valence-corrected chi connectivity index (χ2v) is 6.27. The highest BCUT2D eigenvalue weighted by atomic mass is 32.2. The van der Waals surface area contributed by atoms with Crippen molar-refractivity contribution in [3.05, 3.63) is 30.3 Å². The van der Waals surface area contributed by atoms with Crippen LogP contribution in [0, 0.1) is 0 Å². The summed E-state index contributed by atoms with van der Waals surface area (Å²) >= 11 is 1.86. The van der Waals surface area contributed by atoms with E-state index in [1.54, 1.807) is 0 Å². The van der Waals surface area contributed by atoms with Crippen LogP contribution in [-0.4, -0.2) is 30.4 Å². The van der Waals surface area contributed by atoms with E-state index in [9.17, 15) is 4.79 Å². The molecule has 0 amide bonds. The van der Waals surface area contributed by atoms with E-state index < -0.39 is 5.54 Å². The second kappa shape index (κ2) is 6.44. The van der Waals surface area contributed by atoms with Crippen molar-refractivity contribution in [1.29, 1.82) is 0 Å². The molecule has 104 valence electrons. The van der Waals surface area contributed by atoms with Gasteiger partial charge in [0.05, 0.1) is 7.11 Å². The Morgan fingerprint density at radius 1 is 1.47 bits per heavy atom. The zero-order chi connectivity index (χ0) is 13.7. The molecule has 2 atom stereocenters. The van der Waals surface area contributed by atoms with Crippen LogP contribution in [0.2, 0.25) is 0 Å². The fraction of sp³-hybridized carbons (Fsp3) is 0.533. The second-order valence-electron chi connectivity index (χ2n) is 4.90. The van der Waals surface area contributed by atoms with E-state index in [1.807, 2.05) is 24.8 Å². The average molecular weight is 279 g/mol. The van der Waals surface area contributed by atoms with Crippen molar-refractivity contribution in [3.8, 4) is 0 Å². The molecule has 0 radical (unpaired) electrons. The molecule has 1 saturated carbocycles. The number of methoxy groups -OCH3 is 1. The quantitative estimate of drug-likeness (QED) is 0.841. The van der Waals surface area contributed by atoms with Gasteiger partial charge in [0.2, 0.25) is 0 Å². The molecule has 0 aromatic heterocycles. The molecule has 0 spiro atoms. The van der Waals surface area contributed by atoms with Crippen LogP contribution in [0.25, 0.3) is 0 Å². The van der Waals surface area contributed by atoms with Gasteiger partial charge in [0.15, 0.2) is 0 Å². The van der Waals surface area contributed by atoms with E-state index in [-0.39, 0.29) is 5.97 Å². The number of carbonyl (C=O) groups is 1. The molecule has 1 N–H and O–H groups in total. The van der Waals surface area contributed by atoms with E-state index in [2.05, 4.69) is 29.6 Å². The number of esters is 1. The topological polar surface area (TPSA) is 38.3 Å². The molecule has 4 heteroatoms. The Balaban J connectivity index is 2.02. The molecule has 1 aromatic rings. The van der Waals surface area contributed by atoms with E-state index >= 15 is 0 Å². The van der Waals surface area contributed by atoms with E-state index in [0.29, 0.717) is 5.25 Å². The standard InChI is InChI=1S/C15H21NO2S/c1-3-16-15(14(17)18-2)10-9-13(11-15)19-12-7-5-4-6-8-12/h4-8,13,16H,3,9-11H2,1-2H3. The van der Waals surface area contributed by atoms with Crippen LogP contribution in [0.3, 0.4) is 0 Å². The number of rotatable bonds is 5. The summed E-state index contributed by atoms with van der Waals surface area (Å²) in [7, 11) is 1.47. The highest BCUT2D eigenvalue weighted by Crippen LogP contribution is 2.40. The van der Waals surface area contributed by atoms with Crippen molar-refractivity contribution in [2.45, 2.75) is 41.9 Å². The third-order valence-corrected chi connectivity index (χ3v) is 4.89. The summed E-state index contributed by atoms with van der Waals surface area (Å²) in [5, 5.41) is 3.81. The predicted molar refractivity (Wildman–Crippen MR) is 78.4 cm³/mol. The molecule has 1 aliphatic carbocycles. The maximum atomic E-state index is 12.0. The lowest BCUT2D eigenvalue weighted by atomic mass is 9.98. The van der Waals surface area contributed by atoms with Gasteiger partial charge in [0.25, 0.3) is 0 Å². The molecule has 1 fully saturated rings. The van der Waals surface area contributed by atoms with Crippen molar-refractivity contribution in [1.82, 2.24) is 5.32 Å². The minimum absolute atomic E-state index is 0.120. The average Bonchev–Trinajstić information content (AvgIpc) is 2.84. The third kappa shape index (κ3) is 3.31. The minimum atomic E-state index is -0.476. The van der Waals surface area contributed by atoms with Gasteiger partial charge in [-0.25, -0.2) is 0 Å². The van der Waals surface area contributed by atoms with Crippen LogP contribution >= 0.6 is 11.8 Å². The Bertz CT molecular complexity index is 423. The van der Waals surface area contributed by atoms with Gasteiger partial charge < -0.3 is 10.1 Å². The SMILES string of the molecule is CCNC1(C(=O)OC)CCC(Sc2ccccc2)C1. The zero-order valence-electron chi connectivity index (χ0n) is 11.5. The highest BCUT2D eigenvalue weighted by molar-refractivity contribution is 8.00. The van der Waals surface area contributed by atoms with Crippen molar-refractivity contribution >= 4 is 17.7 Å². The molecule has 19 heavy (non-hydrogen) atoms. The van der Waals surface area contributed by atoms with Crippen molar-refractivity contribution in [2.75, 3.05) is 13.7 Å². The molecule has 0 saturated heterocycles. The van der Waals surface area contributed by atoms with Crippen LogP contribution in [0.15, 0.2) is 35.2 Å². The lowest BCUT2D eigenvalue weighted by Crippen LogP contribution is -2.50. The fourth-order valence-corrected chi connectivity index (χ4v) is 4.05. The largest absolute Gasteiger partial charge is 0.468 e. The molecule has 1 aliphatic rings. The highest BCUT2D eigenvalue weighted by Gasteiger charge is 2.45. The number of benzene rings is 1. The van der Waals surface area contributed by atoms with Gasteiger partial charge >= 0.3 is 5.97 Å². The molecule has 0 heterocycles. The van der Waals surface area contributed by atoms with Gasteiger partial charge in [0.1, 0.15) is 5.54 Å². The Hall–Kier alpha value is -1.00. The van der Waals surface area contributed by atoms with Crippen LogP contribution in [0.1, 0.15) is 26.2 Å². The van der Waals surface area contributed by atoms with Gasteiger partial charge in [-0.3, -0.25) is 4.79 Å². The molecule has 1 aromatic carbocycles. The number of hydrogen-bond acceptors (Lipinski definition) is 4. The zero-order valence-corrected chi connectivity index (χ0v) is 12.3. The summed E-state index contributed by atoms with van der Waals surface area (Å²) in [6, 6.07) is 10.4. The van der Waals surface area contributed by atoms with Gasteiger partial charge in [-0.2, -0.15) is 0 Å². The van der Waals surface area contributed by atoms with Crippen molar-refractivity contribution in [3.63, 3.8) is 0 Å². The Kier molecular flexibility index (Phi) is 4.88. The molecule has 0 bridgehead atoms. The summed E-state index contributed by atoms with van der Waals surface area (Å²) in [5.41, 5.74) is -0.476. The molecular formula is C15H21NO2S. The van der Waals surface area contributed by atoms with Crippen LogP contribution in [0.4, 0.5) is 0 Å². The number of carbonyl (C=O) groups excluding carboxylic acids is 1. The summed E-state index contributed by atoms with van der Waals surface area (Å²) in [4.78, 5) is 13.3. The van der Waals surface area contributed by atoms with E-state index in [4.69, 9.17) is 4.74 Å². The minimum Gasteiger partial charge on any atom is -0.468 e. The molecular weight excluding hydrogens is 258 g/mol. The smallest absolute Gasteiger partial charge is 0.326 e.